The van der Waals surface area contributed by atoms with Crippen molar-refractivity contribution >= 4 is 10.9 Å². The van der Waals surface area contributed by atoms with E-state index in [0.29, 0.717) is 41.5 Å². The predicted octanol–water partition coefficient (Wildman–Crippen LogP) is 5.87. The number of aryl methyl sites for hydroxylation is 3. The molecule has 188 valence electrons. The normalized spacial score (nSPS) is 11.2. The van der Waals surface area contributed by atoms with Crippen LogP contribution in [0, 0.1) is 20.8 Å². The van der Waals surface area contributed by atoms with Gasteiger partial charge in [-0.05, 0) is 42.3 Å². The van der Waals surface area contributed by atoms with Gasteiger partial charge in [-0.25, -0.2) is 0 Å². The Hall–Kier alpha value is -5.05. The van der Waals surface area contributed by atoms with Gasteiger partial charge in [0.25, 0.3) is 5.56 Å². The summed E-state index contributed by atoms with van der Waals surface area (Å²) in [5, 5.41) is 8.92. The summed E-state index contributed by atoms with van der Waals surface area (Å²) in [6.07, 6.45) is 0. The molecule has 0 fully saturated rings. The van der Waals surface area contributed by atoms with Crippen LogP contribution in [0.1, 0.15) is 22.9 Å². The summed E-state index contributed by atoms with van der Waals surface area (Å²) in [4.78, 5) is 21.6. The summed E-state index contributed by atoms with van der Waals surface area (Å²) in [5.41, 5.74) is 4.21. The Bertz CT molecular complexity index is 1830. The van der Waals surface area contributed by atoms with E-state index in [1.165, 1.54) is 0 Å². The highest BCUT2D eigenvalue weighted by molar-refractivity contribution is 5.84. The molecule has 0 spiro atoms. The number of aromatic nitrogens is 5. The number of hydrogen-bond donors (Lipinski definition) is 0. The van der Waals surface area contributed by atoms with Gasteiger partial charge in [0.05, 0.1) is 12.1 Å². The van der Waals surface area contributed by atoms with Crippen molar-refractivity contribution in [2.75, 3.05) is 0 Å². The minimum absolute atomic E-state index is 0.0838. The van der Waals surface area contributed by atoms with E-state index >= 15 is 0 Å². The Labute approximate surface area is 217 Å². The van der Waals surface area contributed by atoms with Gasteiger partial charge in [0.2, 0.25) is 23.4 Å². The number of ether oxygens (including phenoxy) is 1. The van der Waals surface area contributed by atoms with Crippen LogP contribution in [0.3, 0.4) is 0 Å². The SMILES string of the molecule is Cc1nc(-c2ccc(Cn3c(=O)cc(C)c4ccc(Oc5cccc(-c6noc(C)n6)c5)cc43)cc2)no1. The largest absolute Gasteiger partial charge is 0.457 e. The third-order valence-corrected chi connectivity index (χ3v) is 6.23. The molecular formula is C29H23N5O4. The molecule has 0 bridgehead atoms. The van der Waals surface area contributed by atoms with Crippen LogP contribution in [-0.4, -0.2) is 24.8 Å². The summed E-state index contributed by atoms with van der Waals surface area (Å²) in [6, 6.07) is 22.7. The van der Waals surface area contributed by atoms with E-state index in [-0.39, 0.29) is 5.56 Å². The fraction of sp³-hybridized carbons (Fsp3) is 0.138. The van der Waals surface area contributed by atoms with Crippen molar-refractivity contribution in [2.24, 2.45) is 0 Å². The fourth-order valence-electron chi connectivity index (χ4n) is 4.36. The molecule has 0 N–H and O–H groups in total. The molecule has 0 aliphatic carbocycles. The summed E-state index contributed by atoms with van der Waals surface area (Å²) < 4.78 is 18.1. The van der Waals surface area contributed by atoms with Crippen LogP contribution in [0.5, 0.6) is 11.5 Å². The van der Waals surface area contributed by atoms with Gasteiger partial charge in [-0.1, -0.05) is 46.7 Å². The van der Waals surface area contributed by atoms with E-state index in [9.17, 15) is 4.79 Å². The average Bonchev–Trinajstić information content (AvgIpc) is 3.55. The van der Waals surface area contributed by atoms with Gasteiger partial charge in [0.15, 0.2) is 0 Å². The number of pyridine rings is 1. The Morgan fingerprint density at radius 3 is 2.13 bits per heavy atom. The van der Waals surface area contributed by atoms with Crippen molar-refractivity contribution in [1.29, 1.82) is 0 Å². The predicted molar refractivity (Wildman–Crippen MR) is 141 cm³/mol. The maximum Gasteiger partial charge on any atom is 0.251 e. The van der Waals surface area contributed by atoms with Crippen LogP contribution in [-0.2, 0) is 6.54 Å². The number of hydrogen-bond acceptors (Lipinski definition) is 8. The molecule has 38 heavy (non-hydrogen) atoms. The Balaban J connectivity index is 1.32. The van der Waals surface area contributed by atoms with Crippen molar-refractivity contribution in [1.82, 2.24) is 24.8 Å². The monoisotopic (exact) mass is 505 g/mol. The molecule has 0 saturated heterocycles. The Morgan fingerprint density at radius 1 is 0.763 bits per heavy atom. The Morgan fingerprint density at radius 2 is 1.45 bits per heavy atom. The van der Waals surface area contributed by atoms with E-state index in [2.05, 4.69) is 20.3 Å². The van der Waals surface area contributed by atoms with E-state index in [1.54, 1.807) is 24.5 Å². The second-order valence-corrected chi connectivity index (χ2v) is 9.03. The molecule has 6 rings (SSSR count). The summed E-state index contributed by atoms with van der Waals surface area (Å²) in [7, 11) is 0. The quantitative estimate of drug-likeness (QED) is 0.277. The van der Waals surface area contributed by atoms with Gasteiger partial charge in [-0.2, -0.15) is 9.97 Å². The van der Waals surface area contributed by atoms with E-state index in [1.807, 2.05) is 73.7 Å². The maximum absolute atomic E-state index is 13.1. The van der Waals surface area contributed by atoms with Crippen LogP contribution in [0.25, 0.3) is 33.7 Å². The second-order valence-electron chi connectivity index (χ2n) is 9.03. The smallest absolute Gasteiger partial charge is 0.251 e. The lowest BCUT2D eigenvalue weighted by atomic mass is 10.1. The zero-order valence-corrected chi connectivity index (χ0v) is 21.0. The molecular weight excluding hydrogens is 482 g/mol. The maximum atomic E-state index is 13.1. The molecule has 9 heteroatoms. The van der Waals surface area contributed by atoms with Crippen molar-refractivity contribution in [3.05, 3.63) is 106 Å². The number of nitrogens with zero attached hydrogens (tertiary/aromatic N) is 5. The lowest BCUT2D eigenvalue weighted by Crippen LogP contribution is -2.21. The van der Waals surface area contributed by atoms with Crippen LogP contribution in [0.15, 0.2) is 86.6 Å². The lowest BCUT2D eigenvalue weighted by Gasteiger charge is -2.14. The first-order valence-corrected chi connectivity index (χ1v) is 12.1. The van der Waals surface area contributed by atoms with E-state index < -0.39 is 0 Å². The zero-order valence-electron chi connectivity index (χ0n) is 21.0. The molecule has 3 heterocycles. The highest BCUT2D eigenvalue weighted by atomic mass is 16.5. The molecule has 0 radical (unpaired) electrons. The van der Waals surface area contributed by atoms with Crippen molar-refractivity contribution in [2.45, 2.75) is 27.3 Å². The number of fused-ring (bicyclic) bond motifs is 1. The van der Waals surface area contributed by atoms with E-state index in [0.717, 1.165) is 33.2 Å². The molecule has 0 aliphatic rings. The first-order chi connectivity index (χ1) is 18.4. The summed E-state index contributed by atoms with van der Waals surface area (Å²) in [6.45, 7) is 5.84. The summed E-state index contributed by atoms with van der Waals surface area (Å²) in [5.74, 6) is 3.27. The molecule has 0 unspecified atom stereocenters. The Kier molecular flexibility index (Phi) is 5.80. The molecule has 0 aliphatic heterocycles. The highest BCUT2D eigenvalue weighted by Gasteiger charge is 2.12. The first kappa shape index (κ1) is 23.4. The molecule has 3 aromatic carbocycles. The van der Waals surface area contributed by atoms with Crippen molar-refractivity contribution in [3.63, 3.8) is 0 Å². The number of rotatable bonds is 6. The van der Waals surface area contributed by atoms with Gasteiger partial charge >= 0.3 is 0 Å². The topological polar surface area (TPSA) is 109 Å². The van der Waals surface area contributed by atoms with Crippen molar-refractivity contribution < 1.29 is 13.8 Å². The van der Waals surface area contributed by atoms with Gasteiger partial charge in [0, 0.05) is 42.5 Å². The first-order valence-electron chi connectivity index (χ1n) is 12.1. The number of benzene rings is 3. The zero-order chi connectivity index (χ0) is 26.2. The minimum Gasteiger partial charge on any atom is -0.457 e. The molecule has 0 atom stereocenters. The molecule has 0 amide bonds. The average molecular weight is 506 g/mol. The van der Waals surface area contributed by atoms with Gasteiger partial charge in [-0.15, -0.1) is 0 Å². The van der Waals surface area contributed by atoms with E-state index in [4.69, 9.17) is 13.8 Å². The molecule has 0 saturated carbocycles. The van der Waals surface area contributed by atoms with Crippen molar-refractivity contribution in [3.8, 4) is 34.3 Å². The molecule has 9 nitrogen and oxygen atoms in total. The van der Waals surface area contributed by atoms with Gasteiger partial charge in [0.1, 0.15) is 11.5 Å². The summed E-state index contributed by atoms with van der Waals surface area (Å²) >= 11 is 0. The third kappa shape index (κ3) is 4.57. The minimum atomic E-state index is -0.0838. The van der Waals surface area contributed by atoms with Crippen LogP contribution >= 0.6 is 0 Å². The molecule has 3 aromatic heterocycles. The van der Waals surface area contributed by atoms with Crippen LogP contribution in [0.2, 0.25) is 0 Å². The standard InChI is InChI=1S/C29H23N5O4/c1-17-13-27(35)34(16-20-7-9-21(10-8-20)28-30-18(2)37-32-28)26-15-24(11-12-25(17)26)36-23-6-4-5-22(14-23)29-31-19(3)38-33-29/h4-15H,16H2,1-3H3. The van der Waals surface area contributed by atoms with Gasteiger partial charge < -0.3 is 18.4 Å². The van der Waals surface area contributed by atoms with Crippen LogP contribution < -0.4 is 10.3 Å². The third-order valence-electron chi connectivity index (χ3n) is 6.23. The second kappa shape index (κ2) is 9.44. The van der Waals surface area contributed by atoms with Crippen LogP contribution in [0.4, 0.5) is 0 Å². The van der Waals surface area contributed by atoms with Gasteiger partial charge in [-0.3, -0.25) is 4.79 Å². The highest BCUT2D eigenvalue weighted by Crippen LogP contribution is 2.29. The fourth-order valence-corrected chi connectivity index (χ4v) is 4.36. The lowest BCUT2D eigenvalue weighted by molar-refractivity contribution is 0.394. The molecule has 6 aromatic rings.